The van der Waals surface area contributed by atoms with E-state index in [4.69, 9.17) is 11.6 Å². The Morgan fingerprint density at radius 1 is 1.17 bits per heavy atom. The van der Waals surface area contributed by atoms with E-state index in [9.17, 15) is 9.90 Å². The molecular weight excluding hydrogens is 365 g/mol. The lowest BCUT2D eigenvalue weighted by Gasteiger charge is -2.07. The third-order valence-corrected chi connectivity index (χ3v) is 3.26. The summed E-state index contributed by atoms with van der Waals surface area (Å²) >= 11 is 7.97. The summed E-state index contributed by atoms with van der Waals surface area (Å²) in [6.45, 7) is 0. The monoisotopic (exact) mass is 373 g/mol. The lowest BCUT2D eigenvalue weighted by molar-refractivity contribution is 0.102. The van der Waals surface area contributed by atoms with Gasteiger partial charge >= 0.3 is 0 Å². The van der Waals surface area contributed by atoms with Crippen LogP contribution in [0.5, 0.6) is 5.75 Å². The van der Waals surface area contributed by atoms with Gasteiger partial charge in [0.05, 0.1) is 5.56 Å². The average Bonchev–Trinajstić information content (AvgIpc) is 2.35. The van der Waals surface area contributed by atoms with Crippen LogP contribution in [0.25, 0.3) is 0 Å². The fraction of sp³-hybridized carbons (Fsp3) is 0. The first-order valence-corrected chi connectivity index (χ1v) is 6.57. The quantitative estimate of drug-likeness (QED) is 0.784. The van der Waals surface area contributed by atoms with E-state index in [1.807, 2.05) is 12.1 Å². The summed E-state index contributed by atoms with van der Waals surface area (Å²) in [6, 6.07) is 11.7. The number of rotatable bonds is 2. The number of hydrogen-bond acceptors (Lipinski definition) is 2. The maximum Gasteiger partial charge on any atom is 0.259 e. The van der Waals surface area contributed by atoms with E-state index >= 15 is 0 Å². The minimum absolute atomic E-state index is 0.0950. The Hall–Kier alpha value is -1.27. The van der Waals surface area contributed by atoms with Crippen LogP contribution in [-0.2, 0) is 0 Å². The van der Waals surface area contributed by atoms with Crippen molar-refractivity contribution in [2.75, 3.05) is 5.32 Å². The van der Waals surface area contributed by atoms with Crippen LogP contribution in [0.15, 0.2) is 42.5 Å². The van der Waals surface area contributed by atoms with Crippen LogP contribution in [0.3, 0.4) is 0 Å². The molecule has 92 valence electrons. The number of hydrogen-bond donors (Lipinski definition) is 2. The van der Waals surface area contributed by atoms with Crippen LogP contribution < -0.4 is 5.32 Å². The van der Waals surface area contributed by atoms with E-state index in [2.05, 4.69) is 27.9 Å². The molecule has 1 amide bonds. The third kappa shape index (κ3) is 3.14. The van der Waals surface area contributed by atoms with E-state index in [1.165, 1.54) is 18.2 Å². The van der Waals surface area contributed by atoms with Gasteiger partial charge in [-0.05, 0) is 65.1 Å². The second-order valence-corrected chi connectivity index (χ2v) is 5.30. The van der Waals surface area contributed by atoms with Gasteiger partial charge in [0.2, 0.25) is 0 Å². The van der Waals surface area contributed by atoms with Crippen molar-refractivity contribution in [2.24, 2.45) is 0 Å². The summed E-state index contributed by atoms with van der Waals surface area (Å²) in [5.74, 6) is -0.487. The largest absolute Gasteiger partial charge is 0.507 e. The van der Waals surface area contributed by atoms with Gasteiger partial charge < -0.3 is 10.4 Å². The Balaban J connectivity index is 2.21. The van der Waals surface area contributed by atoms with Gasteiger partial charge in [-0.2, -0.15) is 0 Å². The van der Waals surface area contributed by atoms with Crippen LogP contribution in [0, 0.1) is 3.57 Å². The summed E-state index contributed by atoms with van der Waals surface area (Å²) in [4.78, 5) is 11.9. The van der Waals surface area contributed by atoms with E-state index in [0.717, 1.165) is 3.57 Å². The molecule has 2 aromatic rings. The number of phenolic OH excluding ortho intramolecular Hbond substituents is 1. The standard InChI is InChI=1S/C13H9ClINO2/c14-8-1-6-12(17)11(7-8)13(18)16-10-4-2-9(15)3-5-10/h1-7,17H,(H,16,18). The van der Waals surface area contributed by atoms with Crippen LogP contribution in [-0.4, -0.2) is 11.0 Å². The van der Waals surface area contributed by atoms with Crippen LogP contribution in [0.4, 0.5) is 5.69 Å². The SMILES string of the molecule is O=C(Nc1ccc(I)cc1)c1cc(Cl)ccc1O. The van der Waals surface area contributed by atoms with E-state index in [1.54, 1.807) is 12.1 Å². The maximum absolute atomic E-state index is 11.9. The zero-order chi connectivity index (χ0) is 13.1. The molecule has 0 saturated heterocycles. The van der Waals surface area contributed by atoms with Gasteiger partial charge in [-0.25, -0.2) is 0 Å². The molecule has 0 spiro atoms. The highest BCUT2D eigenvalue weighted by atomic mass is 127. The number of carbonyl (C=O) groups is 1. The molecule has 0 fully saturated rings. The summed E-state index contributed by atoms with van der Waals surface area (Å²) in [6.07, 6.45) is 0. The van der Waals surface area contributed by atoms with Crippen molar-refractivity contribution >= 4 is 45.8 Å². The van der Waals surface area contributed by atoms with Gasteiger partial charge in [-0.3, -0.25) is 4.79 Å². The van der Waals surface area contributed by atoms with Gasteiger partial charge in [-0.15, -0.1) is 0 Å². The number of amides is 1. The third-order valence-electron chi connectivity index (χ3n) is 2.31. The zero-order valence-electron chi connectivity index (χ0n) is 9.15. The molecule has 2 N–H and O–H groups in total. The second kappa shape index (κ2) is 5.58. The van der Waals surface area contributed by atoms with Crippen LogP contribution in [0.1, 0.15) is 10.4 Å². The molecular formula is C13H9ClINO2. The number of benzene rings is 2. The van der Waals surface area contributed by atoms with E-state index < -0.39 is 5.91 Å². The summed E-state index contributed by atoms with van der Waals surface area (Å²) in [5, 5.41) is 12.7. The first kappa shape index (κ1) is 13.2. The summed E-state index contributed by atoms with van der Waals surface area (Å²) in [5.41, 5.74) is 0.820. The van der Waals surface area contributed by atoms with Gasteiger partial charge in [-0.1, -0.05) is 11.6 Å². The molecule has 0 atom stereocenters. The maximum atomic E-state index is 11.9. The van der Waals surface area contributed by atoms with Gasteiger partial charge in [0.1, 0.15) is 5.75 Å². The first-order chi connectivity index (χ1) is 8.56. The van der Waals surface area contributed by atoms with Gasteiger partial charge in [0, 0.05) is 14.3 Å². The molecule has 0 aliphatic rings. The lowest BCUT2D eigenvalue weighted by atomic mass is 10.2. The fourth-order valence-corrected chi connectivity index (χ4v) is 1.95. The fourth-order valence-electron chi connectivity index (χ4n) is 1.42. The van der Waals surface area contributed by atoms with Crippen molar-refractivity contribution in [1.29, 1.82) is 0 Å². The smallest absolute Gasteiger partial charge is 0.259 e. The highest BCUT2D eigenvalue weighted by Crippen LogP contribution is 2.22. The molecule has 0 unspecified atom stereocenters. The van der Waals surface area contributed by atoms with Crippen molar-refractivity contribution in [2.45, 2.75) is 0 Å². The summed E-state index contributed by atoms with van der Waals surface area (Å²) in [7, 11) is 0. The molecule has 0 aromatic heterocycles. The van der Waals surface area contributed by atoms with Crippen molar-refractivity contribution in [1.82, 2.24) is 0 Å². The molecule has 0 aliphatic carbocycles. The molecule has 0 saturated carbocycles. The Morgan fingerprint density at radius 2 is 1.83 bits per heavy atom. The highest BCUT2D eigenvalue weighted by Gasteiger charge is 2.11. The van der Waals surface area contributed by atoms with Crippen molar-refractivity contribution in [3.8, 4) is 5.75 Å². The van der Waals surface area contributed by atoms with Crippen molar-refractivity contribution in [3.05, 3.63) is 56.6 Å². The number of anilines is 1. The Bertz CT molecular complexity index is 584. The summed E-state index contributed by atoms with van der Waals surface area (Å²) < 4.78 is 1.08. The van der Waals surface area contributed by atoms with Crippen LogP contribution >= 0.6 is 34.2 Å². The lowest BCUT2D eigenvalue weighted by Crippen LogP contribution is -2.12. The highest BCUT2D eigenvalue weighted by molar-refractivity contribution is 14.1. The topological polar surface area (TPSA) is 49.3 Å². The molecule has 0 aliphatic heterocycles. The minimum Gasteiger partial charge on any atom is -0.507 e. The van der Waals surface area contributed by atoms with Crippen LogP contribution in [0.2, 0.25) is 5.02 Å². The molecule has 2 aromatic carbocycles. The van der Waals surface area contributed by atoms with E-state index in [-0.39, 0.29) is 11.3 Å². The number of nitrogens with one attached hydrogen (secondary N) is 1. The van der Waals surface area contributed by atoms with Gasteiger partial charge in [0.15, 0.2) is 0 Å². The first-order valence-electron chi connectivity index (χ1n) is 5.12. The molecule has 2 rings (SSSR count). The number of aromatic hydroxyl groups is 1. The Labute approximate surface area is 123 Å². The molecule has 5 heteroatoms. The zero-order valence-corrected chi connectivity index (χ0v) is 12.1. The molecule has 3 nitrogen and oxygen atoms in total. The predicted octanol–water partition coefficient (Wildman–Crippen LogP) is 3.90. The Kier molecular flexibility index (Phi) is 4.08. The number of carbonyl (C=O) groups excluding carboxylic acids is 1. The van der Waals surface area contributed by atoms with Gasteiger partial charge in [0.25, 0.3) is 5.91 Å². The van der Waals surface area contributed by atoms with E-state index in [0.29, 0.717) is 10.7 Å². The Morgan fingerprint density at radius 3 is 2.50 bits per heavy atom. The second-order valence-electron chi connectivity index (χ2n) is 3.62. The molecule has 0 heterocycles. The minimum atomic E-state index is -0.392. The number of halogens is 2. The molecule has 0 radical (unpaired) electrons. The molecule has 18 heavy (non-hydrogen) atoms. The number of phenols is 1. The average molecular weight is 374 g/mol. The van der Waals surface area contributed by atoms with Crippen molar-refractivity contribution < 1.29 is 9.90 Å². The normalized spacial score (nSPS) is 10.1. The predicted molar refractivity (Wildman–Crippen MR) is 80.2 cm³/mol. The molecule has 0 bridgehead atoms. The van der Waals surface area contributed by atoms with Crippen molar-refractivity contribution in [3.63, 3.8) is 0 Å².